The molecule has 6 heteroatoms. The number of nitrogens with zero attached hydrogens (tertiary/aromatic N) is 5. The van der Waals surface area contributed by atoms with Crippen LogP contribution in [0.5, 0.6) is 0 Å². The zero-order valence-electron chi connectivity index (χ0n) is 14.7. The van der Waals surface area contributed by atoms with E-state index in [1.807, 2.05) is 25.7 Å². The molecule has 5 nitrogen and oxygen atoms in total. The summed E-state index contributed by atoms with van der Waals surface area (Å²) >= 11 is 1.67. The third-order valence-corrected chi connectivity index (χ3v) is 5.68. The van der Waals surface area contributed by atoms with Crippen molar-refractivity contribution in [3.05, 3.63) is 52.5 Å². The van der Waals surface area contributed by atoms with Gasteiger partial charge in [0.05, 0.1) is 28.8 Å². The number of thiazole rings is 1. The Balaban J connectivity index is 1.53. The number of hydrogen-bond acceptors (Lipinski definition) is 5. The van der Waals surface area contributed by atoms with E-state index in [1.165, 1.54) is 24.2 Å². The van der Waals surface area contributed by atoms with Crippen molar-refractivity contribution in [3.8, 4) is 11.4 Å². The molecule has 3 aromatic heterocycles. The minimum absolute atomic E-state index is 0.488. The van der Waals surface area contributed by atoms with Crippen LogP contribution in [0.3, 0.4) is 0 Å². The Morgan fingerprint density at radius 3 is 2.96 bits per heavy atom. The summed E-state index contributed by atoms with van der Waals surface area (Å²) in [6, 6.07) is 6.37. The second-order valence-corrected chi connectivity index (χ2v) is 7.47. The summed E-state index contributed by atoms with van der Waals surface area (Å²) in [7, 11) is 2.04. The van der Waals surface area contributed by atoms with Crippen LogP contribution >= 0.6 is 11.3 Å². The predicted molar refractivity (Wildman–Crippen MR) is 101 cm³/mol. The Hall–Kier alpha value is -2.05. The van der Waals surface area contributed by atoms with Gasteiger partial charge in [0, 0.05) is 37.1 Å². The summed E-state index contributed by atoms with van der Waals surface area (Å²) in [6.07, 6.45) is 4.33. The van der Waals surface area contributed by atoms with E-state index < -0.39 is 0 Å². The Kier molecular flexibility index (Phi) is 4.63. The quantitative estimate of drug-likeness (QED) is 0.719. The summed E-state index contributed by atoms with van der Waals surface area (Å²) in [5.74, 6) is 1.50. The normalized spacial score (nSPS) is 18.6. The van der Waals surface area contributed by atoms with E-state index in [2.05, 4.69) is 43.0 Å². The molecule has 0 saturated carbocycles. The molecule has 0 amide bonds. The van der Waals surface area contributed by atoms with E-state index in [9.17, 15) is 0 Å². The fourth-order valence-electron chi connectivity index (χ4n) is 3.55. The smallest absolute Gasteiger partial charge is 0.105 e. The number of aryl methyl sites for hydroxylation is 1. The van der Waals surface area contributed by atoms with Gasteiger partial charge in [-0.05, 0) is 38.4 Å². The number of hydrogen-bond donors (Lipinski definition) is 0. The monoisotopic (exact) mass is 353 g/mol. The van der Waals surface area contributed by atoms with Crippen molar-refractivity contribution in [2.24, 2.45) is 7.05 Å². The average Bonchev–Trinajstić information content (AvgIpc) is 3.26. The maximum atomic E-state index is 4.97. The van der Waals surface area contributed by atoms with Crippen LogP contribution in [0.1, 0.15) is 36.0 Å². The number of piperidine rings is 1. The predicted octanol–water partition coefficient (Wildman–Crippen LogP) is 3.63. The molecule has 0 aromatic carbocycles. The van der Waals surface area contributed by atoms with E-state index in [-0.39, 0.29) is 0 Å². The van der Waals surface area contributed by atoms with E-state index in [0.717, 1.165) is 36.8 Å². The molecule has 25 heavy (non-hydrogen) atoms. The largest absolute Gasteiger partial charge is 0.330 e. The van der Waals surface area contributed by atoms with Gasteiger partial charge in [-0.3, -0.25) is 9.88 Å². The number of pyridine rings is 1. The maximum absolute atomic E-state index is 4.97. The molecule has 0 unspecified atom stereocenters. The second kappa shape index (κ2) is 7.06. The molecule has 1 fully saturated rings. The number of imidazole rings is 1. The molecule has 1 saturated heterocycles. The van der Waals surface area contributed by atoms with E-state index in [4.69, 9.17) is 4.98 Å². The van der Waals surface area contributed by atoms with Crippen LogP contribution in [0.2, 0.25) is 0 Å². The first-order valence-electron chi connectivity index (χ1n) is 8.76. The van der Waals surface area contributed by atoms with Crippen LogP contribution in [0.15, 0.2) is 35.3 Å². The van der Waals surface area contributed by atoms with Gasteiger partial charge >= 0.3 is 0 Å². The first kappa shape index (κ1) is 16.4. The Morgan fingerprint density at radius 1 is 1.28 bits per heavy atom. The standard InChI is InChI=1S/C19H23N5S/c1-14-20-9-19(23(14)2)18-7-3-6-17(22-18)15-5-4-8-24(10-15)11-16-12-25-13-21-16/h3,6-7,9,12-13,15H,4-5,8,10-11H2,1-2H3/t15-/m0/s1. The number of rotatable bonds is 4. The Bertz CT molecular complexity index is 839. The zero-order valence-corrected chi connectivity index (χ0v) is 15.5. The van der Waals surface area contributed by atoms with Gasteiger partial charge in [-0.2, -0.15) is 0 Å². The molecule has 130 valence electrons. The topological polar surface area (TPSA) is 46.8 Å². The van der Waals surface area contributed by atoms with E-state index >= 15 is 0 Å². The first-order chi connectivity index (χ1) is 12.2. The summed E-state index contributed by atoms with van der Waals surface area (Å²) in [4.78, 5) is 16.3. The van der Waals surface area contributed by atoms with Crippen LogP contribution in [0, 0.1) is 6.92 Å². The molecule has 0 bridgehead atoms. The van der Waals surface area contributed by atoms with Crippen LogP contribution in [0.4, 0.5) is 0 Å². The van der Waals surface area contributed by atoms with Crippen molar-refractivity contribution >= 4 is 11.3 Å². The van der Waals surface area contributed by atoms with E-state index in [1.54, 1.807) is 11.3 Å². The summed E-state index contributed by atoms with van der Waals surface area (Å²) in [6.45, 7) is 5.17. The highest BCUT2D eigenvalue weighted by molar-refractivity contribution is 7.07. The summed E-state index contributed by atoms with van der Waals surface area (Å²) in [5, 5.41) is 2.15. The Labute approximate surface area is 152 Å². The lowest BCUT2D eigenvalue weighted by atomic mass is 9.94. The molecule has 0 spiro atoms. The first-order valence-corrected chi connectivity index (χ1v) is 9.70. The van der Waals surface area contributed by atoms with Crippen LogP contribution in [-0.2, 0) is 13.6 Å². The fraction of sp³-hybridized carbons (Fsp3) is 0.421. The minimum atomic E-state index is 0.488. The third-order valence-electron chi connectivity index (χ3n) is 5.05. The van der Waals surface area contributed by atoms with Crippen molar-refractivity contribution in [3.63, 3.8) is 0 Å². The van der Waals surface area contributed by atoms with Crippen LogP contribution in [-0.4, -0.2) is 37.5 Å². The van der Waals surface area contributed by atoms with Gasteiger partial charge < -0.3 is 4.57 Å². The Morgan fingerprint density at radius 2 is 2.20 bits per heavy atom. The molecule has 4 heterocycles. The van der Waals surface area contributed by atoms with Crippen molar-refractivity contribution in [1.29, 1.82) is 0 Å². The van der Waals surface area contributed by atoms with Gasteiger partial charge in [-0.1, -0.05) is 6.07 Å². The van der Waals surface area contributed by atoms with Gasteiger partial charge in [0.15, 0.2) is 0 Å². The molecule has 1 atom stereocenters. The molecular formula is C19H23N5S. The second-order valence-electron chi connectivity index (χ2n) is 6.75. The fourth-order valence-corrected chi connectivity index (χ4v) is 4.10. The van der Waals surface area contributed by atoms with Gasteiger partial charge in [0.25, 0.3) is 0 Å². The van der Waals surface area contributed by atoms with Gasteiger partial charge in [-0.25, -0.2) is 9.97 Å². The van der Waals surface area contributed by atoms with Crippen LogP contribution < -0.4 is 0 Å². The van der Waals surface area contributed by atoms with Gasteiger partial charge in [0.1, 0.15) is 5.82 Å². The highest BCUT2D eigenvalue weighted by Crippen LogP contribution is 2.28. The molecule has 0 N–H and O–H groups in total. The van der Waals surface area contributed by atoms with Crippen molar-refractivity contribution < 1.29 is 0 Å². The third kappa shape index (κ3) is 3.50. The van der Waals surface area contributed by atoms with Crippen molar-refractivity contribution in [2.75, 3.05) is 13.1 Å². The number of aromatic nitrogens is 4. The summed E-state index contributed by atoms with van der Waals surface area (Å²) in [5.41, 5.74) is 6.38. The van der Waals surface area contributed by atoms with E-state index in [0.29, 0.717) is 5.92 Å². The zero-order chi connectivity index (χ0) is 17.2. The van der Waals surface area contributed by atoms with Gasteiger partial charge in [-0.15, -0.1) is 11.3 Å². The number of likely N-dealkylation sites (tertiary alicyclic amines) is 1. The summed E-state index contributed by atoms with van der Waals surface area (Å²) < 4.78 is 2.10. The molecule has 0 radical (unpaired) electrons. The average molecular weight is 353 g/mol. The molecule has 4 rings (SSSR count). The molecule has 1 aliphatic rings. The SMILES string of the molecule is Cc1ncc(-c2cccc([C@H]3CCCN(Cc4cscn4)C3)n2)n1C. The van der Waals surface area contributed by atoms with Crippen LogP contribution in [0.25, 0.3) is 11.4 Å². The van der Waals surface area contributed by atoms with Crippen molar-refractivity contribution in [1.82, 2.24) is 24.4 Å². The minimum Gasteiger partial charge on any atom is -0.330 e. The molecule has 3 aromatic rings. The van der Waals surface area contributed by atoms with Gasteiger partial charge in [0.2, 0.25) is 0 Å². The van der Waals surface area contributed by atoms with Crippen molar-refractivity contribution in [2.45, 2.75) is 32.2 Å². The molecular weight excluding hydrogens is 330 g/mol. The highest BCUT2D eigenvalue weighted by atomic mass is 32.1. The molecule has 0 aliphatic carbocycles. The lowest BCUT2D eigenvalue weighted by molar-refractivity contribution is 0.197. The maximum Gasteiger partial charge on any atom is 0.105 e. The highest BCUT2D eigenvalue weighted by Gasteiger charge is 2.23. The lowest BCUT2D eigenvalue weighted by Gasteiger charge is -2.32. The lowest BCUT2D eigenvalue weighted by Crippen LogP contribution is -2.34. The molecule has 1 aliphatic heterocycles.